The molecule has 144 valence electrons. The molecular weight excluding hydrogens is 358 g/mol. The molecule has 2 heterocycles. The van der Waals surface area contributed by atoms with Crippen LogP contribution in [-0.2, 0) is 16.6 Å². The molecule has 0 spiro atoms. The zero-order valence-electron chi connectivity index (χ0n) is 16.0. The number of benzene rings is 1. The Hall–Kier alpha value is -2.01. The average Bonchev–Trinajstić information content (AvgIpc) is 3.36. The van der Waals surface area contributed by atoms with Crippen molar-refractivity contribution in [2.24, 2.45) is 0 Å². The Morgan fingerprint density at radius 3 is 2.78 bits per heavy atom. The smallest absolute Gasteiger partial charge is 0.257 e. The van der Waals surface area contributed by atoms with Crippen LogP contribution in [0.15, 0.2) is 35.7 Å². The number of ether oxygens (including phenoxy) is 2. The van der Waals surface area contributed by atoms with Gasteiger partial charge in [0.15, 0.2) is 18.1 Å². The second kappa shape index (κ2) is 7.19. The molecule has 27 heavy (non-hydrogen) atoms. The van der Waals surface area contributed by atoms with Gasteiger partial charge in [0.05, 0.1) is 0 Å². The summed E-state index contributed by atoms with van der Waals surface area (Å²) >= 11 is 1.80. The van der Waals surface area contributed by atoms with E-state index < -0.39 is 0 Å². The fourth-order valence-corrected chi connectivity index (χ4v) is 5.29. The maximum atomic E-state index is 12.4. The number of nitrogens with one attached hydrogen (secondary N) is 1. The summed E-state index contributed by atoms with van der Waals surface area (Å²) < 4.78 is 11.8. The molecule has 2 aromatic rings. The summed E-state index contributed by atoms with van der Waals surface area (Å²) in [5, 5.41) is 5.23. The lowest BCUT2D eigenvalue weighted by molar-refractivity contribution is -0.123. The van der Waals surface area contributed by atoms with Gasteiger partial charge in [0.2, 0.25) is 0 Å². The van der Waals surface area contributed by atoms with Crippen LogP contribution in [-0.4, -0.2) is 24.7 Å². The summed E-state index contributed by atoms with van der Waals surface area (Å²) in [5.74, 6) is 1.36. The fraction of sp³-hybridized carbons (Fsp3) is 0.500. The van der Waals surface area contributed by atoms with Gasteiger partial charge in [-0.1, -0.05) is 31.0 Å². The van der Waals surface area contributed by atoms with Crippen molar-refractivity contribution in [1.29, 1.82) is 0 Å². The van der Waals surface area contributed by atoms with Crippen molar-refractivity contribution < 1.29 is 14.3 Å². The number of para-hydroxylation sites is 1. The van der Waals surface area contributed by atoms with Gasteiger partial charge in [0.1, 0.15) is 5.60 Å². The molecule has 4 nitrogen and oxygen atoms in total. The minimum atomic E-state index is -0.223. The van der Waals surface area contributed by atoms with E-state index in [0.717, 1.165) is 30.6 Å². The van der Waals surface area contributed by atoms with Gasteiger partial charge in [0.25, 0.3) is 5.91 Å². The Labute approximate surface area is 164 Å². The van der Waals surface area contributed by atoms with Crippen molar-refractivity contribution >= 4 is 17.2 Å². The molecule has 1 amide bonds. The second-order valence-electron chi connectivity index (χ2n) is 8.31. The van der Waals surface area contributed by atoms with Crippen LogP contribution >= 0.6 is 11.3 Å². The summed E-state index contributed by atoms with van der Waals surface area (Å²) in [6.07, 6.45) is 5.60. The lowest BCUT2D eigenvalue weighted by Crippen LogP contribution is -2.40. The van der Waals surface area contributed by atoms with Crippen LogP contribution in [0.4, 0.5) is 0 Å². The minimum Gasteiger partial charge on any atom is -0.483 e. The number of carbonyl (C=O) groups is 1. The SMILES string of the molecule is CC1(C)Cc2cccc(OCC(=O)NCC3(c4cccs4)CCCC3)c2O1. The number of thiophene rings is 1. The number of fused-ring (bicyclic) bond motifs is 1. The number of hydrogen-bond donors (Lipinski definition) is 1. The molecule has 0 bridgehead atoms. The molecule has 1 aliphatic carbocycles. The zero-order valence-corrected chi connectivity index (χ0v) is 16.9. The van der Waals surface area contributed by atoms with Gasteiger partial charge in [-0.15, -0.1) is 11.3 Å². The number of hydrogen-bond acceptors (Lipinski definition) is 4. The van der Waals surface area contributed by atoms with Crippen LogP contribution in [0.3, 0.4) is 0 Å². The molecule has 1 aliphatic heterocycles. The minimum absolute atomic E-state index is 0.0146. The highest BCUT2D eigenvalue weighted by atomic mass is 32.1. The largest absolute Gasteiger partial charge is 0.483 e. The van der Waals surface area contributed by atoms with Crippen LogP contribution in [0.25, 0.3) is 0 Å². The fourth-order valence-electron chi connectivity index (χ4n) is 4.31. The number of rotatable bonds is 6. The van der Waals surface area contributed by atoms with Crippen molar-refractivity contribution in [2.45, 2.75) is 57.0 Å². The average molecular weight is 386 g/mol. The number of carbonyl (C=O) groups excluding carboxylic acids is 1. The molecule has 5 heteroatoms. The molecule has 1 aromatic carbocycles. The van der Waals surface area contributed by atoms with E-state index in [9.17, 15) is 4.79 Å². The van der Waals surface area contributed by atoms with E-state index in [1.807, 2.05) is 12.1 Å². The predicted octanol–water partition coefficient (Wildman–Crippen LogP) is 4.47. The summed E-state index contributed by atoms with van der Waals surface area (Å²) in [4.78, 5) is 13.8. The molecule has 1 N–H and O–H groups in total. The molecule has 1 saturated carbocycles. The Balaban J connectivity index is 1.35. The highest BCUT2D eigenvalue weighted by Crippen LogP contribution is 2.43. The molecule has 0 unspecified atom stereocenters. The maximum Gasteiger partial charge on any atom is 0.257 e. The first-order chi connectivity index (χ1) is 13.0. The van der Waals surface area contributed by atoms with Crippen molar-refractivity contribution in [3.63, 3.8) is 0 Å². The third-order valence-corrected chi connectivity index (χ3v) is 6.76. The van der Waals surface area contributed by atoms with Crippen molar-refractivity contribution in [3.8, 4) is 11.5 Å². The van der Waals surface area contributed by atoms with Gasteiger partial charge in [-0.3, -0.25) is 4.79 Å². The van der Waals surface area contributed by atoms with Gasteiger partial charge >= 0.3 is 0 Å². The van der Waals surface area contributed by atoms with Crippen LogP contribution in [0.5, 0.6) is 11.5 Å². The first-order valence-electron chi connectivity index (χ1n) is 9.72. The standard InChI is InChI=1S/C22H27NO3S/c1-21(2)13-16-7-5-8-17(20(16)26-21)25-14-19(24)23-15-22(10-3-4-11-22)18-9-6-12-27-18/h5-9,12H,3-4,10-11,13-15H2,1-2H3,(H,23,24). The van der Waals surface area contributed by atoms with E-state index in [4.69, 9.17) is 9.47 Å². The third kappa shape index (κ3) is 3.84. The van der Waals surface area contributed by atoms with Crippen LogP contribution in [0, 0.1) is 0 Å². The van der Waals surface area contributed by atoms with E-state index in [-0.39, 0.29) is 23.5 Å². The van der Waals surface area contributed by atoms with E-state index in [2.05, 4.69) is 42.7 Å². The summed E-state index contributed by atoms with van der Waals surface area (Å²) in [7, 11) is 0. The molecule has 4 rings (SSSR count). The highest BCUT2D eigenvalue weighted by Gasteiger charge is 2.37. The van der Waals surface area contributed by atoms with Crippen molar-refractivity contribution in [1.82, 2.24) is 5.32 Å². The summed E-state index contributed by atoms with van der Waals surface area (Å²) in [6, 6.07) is 10.2. The van der Waals surface area contributed by atoms with Crippen molar-refractivity contribution in [2.75, 3.05) is 13.2 Å². The topological polar surface area (TPSA) is 47.6 Å². The molecule has 2 aliphatic rings. The van der Waals surface area contributed by atoms with Gasteiger partial charge < -0.3 is 14.8 Å². The molecule has 0 radical (unpaired) electrons. The second-order valence-corrected chi connectivity index (χ2v) is 9.26. The molecule has 1 aromatic heterocycles. The van der Waals surface area contributed by atoms with Crippen LogP contribution < -0.4 is 14.8 Å². The Morgan fingerprint density at radius 2 is 2.04 bits per heavy atom. The maximum absolute atomic E-state index is 12.4. The predicted molar refractivity (Wildman–Crippen MR) is 108 cm³/mol. The molecule has 1 fully saturated rings. The van der Waals surface area contributed by atoms with E-state index in [0.29, 0.717) is 12.3 Å². The lowest BCUT2D eigenvalue weighted by atomic mass is 9.84. The molecule has 0 atom stereocenters. The van der Waals surface area contributed by atoms with E-state index in [1.165, 1.54) is 17.7 Å². The Kier molecular flexibility index (Phi) is 4.89. The third-order valence-electron chi connectivity index (χ3n) is 5.64. The highest BCUT2D eigenvalue weighted by molar-refractivity contribution is 7.10. The molecule has 0 saturated heterocycles. The number of amides is 1. The van der Waals surface area contributed by atoms with Crippen LogP contribution in [0.1, 0.15) is 50.0 Å². The zero-order chi connectivity index (χ0) is 18.9. The van der Waals surface area contributed by atoms with E-state index in [1.54, 1.807) is 11.3 Å². The molecular formula is C22H27NO3S. The van der Waals surface area contributed by atoms with Gasteiger partial charge in [-0.2, -0.15) is 0 Å². The monoisotopic (exact) mass is 385 g/mol. The first-order valence-corrected chi connectivity index (χ1v) is 10.6. The van der Waals surface area contributed by atoms with Gasteiger partial charge in [-0.05, 0) is 44.2 Å². The Bertz CT molecular complexity index is 807. The van der Waals surface area contributed by atoms with Gasteiger partial charge in [-0.25, -0.2) is 0 Å². The first kappa shape index (κ1) is 18.4. The van der Waals surface area contributed by atoms with E-state index >= 15 is 0 Å². The Morgan fingerprint density at radius 1 is 1.22 bits per heavy atom. The van der Waals surface area contributed by atoms with Gasteiger partial charge in [0, 0.05) is 28.8 Å². The van der Waals surface area contributed by atoms with Crippen LogP contribution in [0.2, 0.25) is 0 Å². The normalized spacial score (nSPS) is 19.3. The summed E-state index contributed by atoms with van der Waals surface area (Å²) in [6.45, 7) is 4.83. The van der Waals surface area contributed by atoms with Crippen molar-refractivity contribution in [3.05, 3.63) is 46.2 Å². The summed E-state index contributed by atoms with van der Waals surface area (Å²) in [5.41, 5.74) is 1.02. The lowest BCUT2D eigenvalue weighted by Gasteiger charge is -2.28. The quantitative estimate of drug-likeness (QED) is 0.798.